The van der Waals surface area contributed by atoms with Crippen LogP contribution in [-0.2, 0) is 16.0 Å². The molecule has 4 heteroatoms. The summed E-state index contributed by atoms with van der Waals surface area (Å²) >= 11 is 5.96. The molecule has 1 rings (SSSR count). The van der Waals surface area contributed by atoms with Gasteiger partial charge in [-0.25, -0.2) is 0 Å². The summed E-state index contributed by atoms with van der Waals surface area (Å²) < 4.78 is 10.7. The second kappa shape index (κ2) is 8.18. The first-order valence-electron chi connectivity index (χ1n) is 6.59. The first-order valence-corrected chi connectivity index (χ1v) is 6.96. The Balaban J connectivity index is 2.82. The quantitative estimate of drug-likeness (QED) is 0.731. The summed E-state index contributed by atoms with van der Waals surface area (Å²) in [7, 11) is 1.59. The molecule has 0 amide bonds. The third-order valence-corrected chi connectivity index (χ3v) is 3.12. The van der Waals surface area contributed by atoms with Gasteiger partial charge in [-0.1, -0.05) is 24.9 Å². The van der Waals surface area contributed by atoms with Gasteiger partial charge < -0.3 is 9.47 Å². The molecule has 0 aliphatic rings. The average Bonchev–Trinajstić information content (AvgIpc) is 2.38. The number of methoxy groups -OCH3 is 1. The van der Waals surface area contributed by atoms with Crippen LogP contribution in [0.25, 0.3) is 0 Å². The molecule has 0 saturated carbocycles. The lowest BCUT2D eigenvalue weighted by molar-refractivity contribution is -0.130. The summed E-state index contributed by atoms with van der Waals surface area (Å²) in [5.41, 5.74) is 0.806. The molecule has 1 aromatic rings. The minimum atomic E-state index is -0.335. The summed E-state index contributed by atoms with van der Waals surface area (Å²) in [6.07, 6.45) is 1.62. The molecule has 0 fully saturated rings. The number of benzene rings is 1. The Morgan fingerprint density at radius 2 is 2.11 bits per heavy atom. The molecule has 1 unspecified atom stereocenters. The van der Waals surface area contributed by atoms with Gasteiger partial charge in [-0.15, -0.1) is 0 Å². The van der Waals surface area contributed by atoms with E-state index in [1.54, 1.807) is 25.3 Å². The molecule has 0 bridgehead atoms. The van der Waals surface area contributed by atoms with Crippen LogP contribution in [0.4, 0.5) is 0 Å². The summed E-state index contributed by atoms with van der Waals surface area (Å²) in [6.45, 7) is 4.48. The topological polar surface area (TPSA) is 35.5 Å². The maximum atomic E-state index is 12.2. The number of hydrogen-bond donors (Lipinski definition) is 0. The number of ketones is 1. The molecule has 106 valence electrons. The Bertz CT molecular complexity index is 412. The second-order valence-corrected chi connectivity index (χ2v) is 4.77. The summed E-state index contributed by atoms with van der Waals surface area (Å²) in [4.78, 5) is 12.2. The number of carbonyl (C=O) groups excluding carboxylic acids is 1. The minimum absolute atomic E-state index is 0.0734. The zero-order chi connectivity index (χ0) is 14.3. The largest absolute Gasteiger partial charge is 0.496 e. The predicted octanol–water partition coefficient (Wildman–Crippen LogP) is 3.67. The monoisotopic (exact) mass is 284 g/mol. The van der Waals surface area contributed by atoms with Crippen molar-refractivity contribution >= 4 is 17.4 Å². The molecule has 0 aliphatic carbocycles. The maximum absolute atomic E-state index is 12.2. The molecule has 19 heavy (non-hydrogen) atoms. The first kappa shape index (κ1) is 16.0. The van der Waals surface area contributed by atoms with Crippen LogP contribution in [0.15, 0.2) is 18.2 Å². The number of hydrogen-bond acceptors (Lipinski definition) is 3. The number of Topliss-reactive ketones (excluding diaryl/α,β-unsaturated/α-hetero) is 1. The highest BCUT2D eigenvalue weighted by Crippen LogP contribution is 2.24. The van der Waals surface area contributed by atoms with Crippen molar-refractivity contribution in [2.45, 2.75) is 39.2 Å². The van der Waals surface area contributed by atoms with Crippen LogP contribution in [0.5, 0.6) is 5.75 Å². The van der Waals surface area contributed by atoms with E-state index in [1.165, 1.54) is 0 Å². The number of carbonyl (C=O) groups is 1. The Labute approximate surface area is 119 Å². The SMILES string of the molecule is CCCC(OCC)C(=O)Cc1cc(Cl)ccc1OC. The number of rotatable bonds is 8. The van der Waals surface area contributed by atoms with Gasteiger partial charge in [-0.3, -0.25) is 4.79 Å². The van der Waals surface area contributed by atoms with Crippen molar-refractivity contribution in [1.82, 2.24) is 0 Å². The van der Waals surface area contributed by atoms with E-state index in [0.29, 0.717) is 17.4 Å². The van der Waals surface area contributed by atoms with Crippen molar-refractivity contribution < 1.29 is 14.3 Å². The molecule has 1 atom stereocenters. The lowest BCUT2D eigenvalue weighted by atomic mass is 10.0. The Morgan fingerprint density at radius 3 is 2.68 bits per heavy atom. The molecular weight excluding hydrogens is 264 g/mol. The zero-order valence-electron chi connectivity index (χ0n) is 11.7. The average molecular weight is 285 g/mol. The van der Waals surface area contributed by atoms with Crippen LogP contribution < -0.4 is 4.74 Å². The molecule has 3 nitrogen and oxygen atoms in total. The second-order valence-electron chi connectivity index (χ2n) is 4.33. The number of halogens is 1. The Kier molecular flexibility index (Phi) is 6.89. The van der Waals surface area contributed by atoms with E-state index >= 15 is 0 Å². The van der Waals surface area contributed by atoms with E-state index in [9.17, 15) is 4.79 Å². The fourth-order valence-electron chi connectivity index (χ4n) is 1.99. The fourth-order valence-corrected chi connectivity index (χ4v) is 2.18. The van der Waals surface area contributed by atoms with E-state index in [4.69, 9.17) is 21.1 Å². The van der Waals surface area contributed by atoms with E-state index in [1.807, 2.05) is 13.8 Å². The summed E-state index contributed by atoms with van der Waals surface area (Å²) in [5.74, 6) is 0.758. The van der Waals surface area contributed by atoms with Crippen LogP contribution in [0.2, 0.25) is 5.02 Å². The van der Waals surface area contributed by atoms with Crippen LogP contribution in [0.1, 0.15) is 32.3 Å². The summed E-state index contributed by atoms with van der Waals surface area (Å²) in [6, 6.07) is 5.30. The third kappa shape index (κ3) is 4.84. The maximum Gasteiger partial charge on any atom is 0.166 e. The Morgan fingerprint density at radius 1 is 1.37 bits per heavy atom. The predicted molar refractivity (Wildman–Crippen MR) is 77.0 cm³/mol. The van der Waals surface area contributed by atoms with Crippen molar-refractivity contribution in [1.29, 1.82) is 0 Å². The highest BCUT2D eigenvalue weighted by atomic mass is 35.5. The van der Waals surface area contributed by atoms with Crippen molar-refractivity contribution in [2.24, 2.45) is 0 Å². The highest BCUT2D eigenvalue weighted by Gasteiger charge is 2.19. The van der Waals surface area contributed by atoms with E-state index in [2.05, 4.69) is 0 Å². The molecule has 0 N–H and O–H groups in total. The van der Waals surface area contributed by atoms with E-state index in [-0.39, 0.29) is 18.3 Å². The van der Waals surface area contributed by atoms with Crippen LogP contribution in [-0.4, -0.2) is 25.6 Å². The molecule has 0 radical (unpaired) electrons. The first-order chi connectivity index (χ1) is 9.12. The van der Waals surface area contributed by atoms with Gasteiger partial charge in [0.25, 0.3) is 0 Å². The molecular formula is C15H21ClO3. The van der Waals surface area contributed by atoms with Gasteiger partial charge in [0.15, 0.2) is 5.78 Å². The smallest absolute Gasteiger partial charge is 0.166 e. The molecule has 1 aromatic carbocycles. The molecule has 0 aromatic heterocycles. The number of ether oxygens (including phenoxy) is 2. The standard InChI is InChI=1S/C15H21ClO3/c1-4-6-15(19-5-2)13(17)10-11-9-12(16)7-8-14(11)18-3/h7-9,15H,4-6,10H2,1-3H3. The lowest BCUT2D eigenvalue weighted by Gasteiger charge is -2.16. The molecule has 0 aliphatic heterocycles. The van der Waals surface area contributed by atoms with Gasteiger partial charge >= 0.3 is 0 Å². The minimum Gasteiger partial charge on any atom is -0.496 e. The molecule has 0 heterocycles. The normalized spacial score (nSPS) is 12.2. The van der Waals surface area contributed by atoms with Crippen LogP contribution in [0.3, 0.4) is 0 Å². The summed E-state index contributed by atoms with van der Waals surface area (Å²) in [5, 5.41) is 0.604. The van der Waals surface area contributed by atoms with Crippen molar-refractivity contribution in [3.63, 3.8) is 0 Å². The van der Waals surface area contributed by atoms with Gasteiger partial charge in [-0.2, -0.15) is 0 Å². The zero-order valence-corrected chi connectivity index (χ0v) is 12.5. The van der Waals surface area contributed by atoms with Crippen LogP contribution in [0, 0.1) is 0 Å². The molecule has 0 spiro atoms. The lowest BCUT2D eigenvalue weighted by Crippen LogP contribution is -2.26. The van der Waals surface area contributed by atoms with Gasteiger partial charge in [0, 0.05) is 23.6 Å². The molecule has 0 saturated heterocycles. The van der Waals surface area contributed by atoms with Crippen molar-refractivity contribution in [3.05, 3.63) is 28.8 Å². The van der Waals surface area contributed by atoms with Crippen LogP contribution >= 0.6 is 11.6 Å². The van der Waals surface area contributed by atoms with E-state index in [0.717, 1.165) is 18.4 Å². The van der Waals surface area contributed by atoms with Gasteiger partial charge in [-0.05, 0) is 31.5 Å². The van der Waals surface area contributed by atoms with E-state index < -0.39 is 0 Å². The Hall–Kier alpha value is -1.06. The highest BCUT2D eigenvalue weighted by molar-refractivity contribution is 6.30. The fraction of sp³-hybridized carbons (Fsp3) is 0.533. The van der Waals surface area contributed by atoms with Gasteiger partial charge in [0.05, 0.1) is 7.11 Å². The third-order valence-electron chi connectivity index (χ3n) is 2.88. The van der Waals surface area contributed by atoms with Gasteiger partial charge in [0.2, 0.25) is 0 Å². The van der Waals surface area contributed by atoms with Gasteiger partial charge in [0.1, 0.15) is 11.9 Å². The van der Waals surface area contributed by atoms with Crippen molar-refractivity contribution in [2.75, 3.05) is 13.7 Å². The van der Waals surface area contributed by atoms with Crippen molar-refractivity contribution in [3.8, 4) is 5.75 Å².